The molecule has 0 aliphatic carbocycles. The third-order valence-corrected chi connectivity index (χ3v) is 5.78. The summed E-state index contributed by atoms with van der Waals surface area (Å²) in [6, 6.07) is 1.51. The van der Waals surface area contributed by atoms with Crippen molar-refractivity contribution in [2.75, 3.05) is 5.32 Å². The second-order valence-corrected chi connectivity index (χ2v) is 8.07. The first-order chi connectivity index (χ1) is 16.0. The minimum Gasteiger partial charge on any atom is -0.342 e. The van der Waals surface area contributed by atoms with Gasteiger partial charge < -0.3 is 10.6 Å². The molecule has 3 heterocycles. The summed E-state index contributed by atoms with van der Waals surface area (Å²) in [5, 5.41) is 13.0. The van der Waals surface area contributed by atoms with E-state index in [1.807, 2.05) is 0 Å². The lowest BCUT2D eigenvalue weighted by Crippen LogP contribution is -2.27. The van der Waals surface area contributed by atoms with Crippen molar-refractivity contribution in [2.24, 2.45) is 7.05 Å². The molecule has 2 N–H and O–H groups in total. The van der Waals surface area contributed by atoms with Crippen LogP contribution in [0.1, 0.15) is 43.7 Å². The molecule has 0 fully saturated rings. The molecule has 3 aromatic heterocycles. The normalized spacial score (nSPS) is 12.5. The average molecular weight is 494 g/mol. The zero-order chi connectivity index (χ0) is 24.6. The Morgan fingerprint density at radius 1 is 1.15 bits per heavy atom. The molecule has 34 heavy (non-hydrogen) atoms. The van der Waals surface area contributed by atoms with Crippen LogP contribution in [0.15, 0.2) is 30.7 Å². The molecule has 1 aromatic carbocycles. The van der Waals surface area contributed by atoms with Gasteiger partial charge in [0.2, 0.25) is 0 Å². The number of aromatic nitrogens is 6. The molecule has 10 nitrogen and oxygen atoms in total. The van der Waals surface area contributed by atoms with Gasteiger partial charge in [0.1, 0.15) is 22.0 Å². The van der Waals surface area contributed by atoms with E-state index in [0.29, 0.717) is 22.8 Å². The van der Waals surface area contributed by atoms with Gasteiger partial charge in [-0.1, -0.05) is 5.21 Å². The van der Waals surface area contributed by atoms with E-state index in [2.05, 4.69) is 35.9 Å². The summed E-state index contributed by atoms with van der Waals surface area (Å²) < 4.78 is 53.5. The molecule has 0 saturated heterocycles. The highest BCUT2D eigenvalue weighted by atomic mass is 32.1. The van der Waals surface area contributed by atoms with Gasteiger partial charge in [-0.2, -0.15) is 13.2 Å². The lowest BCUT2D eigenvalue weighted by atomic mass is 10.2. The first-order valence-corrected chi connectivity index (χ1v) is 10.3. The minimum atomic E-state index is -4.91. The number of amides is 2. The number of hydrogen-bond donors (Lipinski definition) is 2. The summed E-state index contributed by atoms with van der Waals surface area (Å²) in [7, 11) is 1.62. The van der Waals surface area contributed by atoms with Gasteiger partial charge in [-0.3, -0.25) is 9.59 Å². The van der Waals surface area contributed by atoms with Crippen LogP contribution in [-0.4, -0.2) is 41.8 Å². The Bertz CT molecular complexity index is 1400. The van der Waals surface area contributed by atoms with E-state index in [-0.39, 0.29) is 21.8 Å². The number of nitrogens with zero attached hydrogens (tertiary/aromatic N) is 6. The second-order valence-electron chi connectivity index (χ2n) is 7.01. The van der Waals surface area contributed by atoms with Crippen LogP contribution < -0.4 is 10.6 Å². The summed E-state index contributed by atoms with van der Waals surface area (Å²) >= 11 is 0.927. The standard InChI is InChI=1S/C19H14F4N8O2S/c1-8(27-17(33)14-13-15(26-7-25-14)31(2)30-29-13)18-24-6-12(34-18)16(32)28-9-3-4-11(20)10(5-9)19(21,22)23/h3-8H,1-2H3,(H,27,33)(H,28,32). The molecule has 0 bridgehead atoms. The van der Waals surface area contributed by atoms with E-state index in [9.17, 15) is 27.2 Å². The fraction of sp³-hybridized carbons (Fsp3) is 0.211. The molecule has 1 atom stereocenters. The van der Waals surface area contributed by atoms with Crippen LogP contribution in [0.2, 0.25) is 0 Å². The van der Waals surface area contributed by atoms with Gasteiger partial charge in [-0.15, -0.1) is 16.4 Å². The van der Waals surface area contributed by atoms with E-state index in [4.69, 9.17) is 0 Å². The fourth-order valence-electron chi connectivity index (χ4n) is 2.95. The maximum atomic E-state index is 13.4. The highest BCUT2D eigenvalue weighted by molar-refractivity contribution is 7.13. The number of carbonyl (C=O) groups is 2. The van der Waals surface area contributed by atoms with Crippen molar-refractivity contribution >= 4 is 40.0 Å². The summed E-state index contributed by atoms with van der Waals surface area (Å²) in [5.41, 5.74) is -1.13. The minimum absolute atomic E-state index is 0.0104. The maximum Gasteiger partial charge on any atom is 0.419 e. The zero-order valence-electron chi connectivity index (χ0n) is 17.4. The number of halogens is 4. The Balaban J connectivity index is 1.46. The number of carbonyl (C=O) groups excluding carboxylic acids is 2. The lowest BCUT2D eigenvalue weighted by Gasteiger charge is -2.11. The lowest BCUT2D eigenvalue weighted by molar-refractivity contribution is -0.139. The molecule has 0 aliphatic heterocycles. The molecule has 0 aliphatic rings. The zero-order valence-corrected chi connectivity index (χ0v) is 18.2. The molecule has 2 amide bonds. The smallest absolute Gasteiger partial charge is 0.342 e. The highest BCUT2D eigenvalue weighted by Crippen LogP contribution is 2.33. The number of hydrogen-bond acceptors (Lipinski definition) is 8. The average Bonchev–Trinajstić information content (AvgIpc) is 3.42. The Labute approximate surface area is 192 Å². The number of nitrogens with one attached hydrogen (secondary N) is 2. The van der Waals surface area contributed by atoms with Gasteiger partial charge in [0.25, 0.3) is 11.8 Å². The predicted molar refractivity (Wildman–Crippen MR) is 111 cm³/mol. The maximum absolute atomic E-state index is 13.4. The topological polar surface area (TPSA) is 128 Å². The van der Waals surface area contributed by atoms with E-state index >= 15 is 0 Å². The quantitative estimate of drug-likeness (QED) is 0.408. The van der Waals surface area contributed by atoms with Crippen molar-refractivity contribution in [3.63, 3.8) is 0 Å². The van der Waals surface area contributed by atoms with Crippen molar-refractivity contribution in [3.05, 3.63) is 57.7 Å². The van der Waals surface area contributed by atoms with Gasteiger partial charge in [-0.05, 0) is 25.1 Å². The Kier molecular flexibility index (Phi) is 5.95. The molecule has 0 spiro atoms. The summed E-state index contributed by atoms with van der Waals surface area (Å²) in [6.07, 6.45) is -2.48. The van der Waals surface area contributed by atoms with E-state index in [1.165, 1.54) is 17.2 Å². The van der Waals surface area contributed by atoms with Crippen LogP contribution >= 0.6 is 11.3 Å². The third kappa shape index (κ3) is 4.54. The van der Waals surface area contributed by atoms with Crippen LogP contribution in [0.5, 0.6) is 0 Å². The van der Waals surface area contributed by atoms with Crippen LogP contribution in [-0.2, 0) is 13.2 Å². The van der Waals surface area contributed by atoms with Crippen LogP contribution in [0.25, 0.3) is 11.2 Å². The first-order valence-electron chi connectivity index (χ1n) is 9.49. The number of benzene rings is 1. The predicted octanol–water partition coefficient (Wildman–Crippen LogP) is 3.12. The van der Waals surface area contributed by atoms with Crippen LogP contribution in [0.3, 0.4) is 0 Å². The number of anilines is 1. The van der Waals surface area contributed by atoms with Gasteiger partial charge in [-0.25, -0.2) is 24.0 Å². The Morgan fingerprint density at radius 3 is 2.65 bits per heavy atom. The van der Waals surface area contributed by atoms with Crippen molar-refractivity contribution in [1.82, 2.24) is 35.3 Å². The molecule has 4 aromatic rings. The molecule has 1 unspecified atom stereocenters. The highest BCUT2D eigenvalue weighted by Gasteiger charge is 2.34. The van der Waals surface area contributed by atoms with Crippen molar-refractivity contribution in [2.45, 2.75) is 19.1 Å². The van der Waals surface area contributed by atoms with Gasteiger partial charge in [0.15, 0.2) is 16.9 Å². The third-order valence-electron chi connectivity index (χ3n) is 4.60. The fourth-order valence-corrected chi connectivity index (χ4v) is 3.77. The van der Waals surface area contributed by atoms with Crippen LogP contribution in [0.4, 0.5) is 23.2 Å². The molecule has 176 valence electrons. The molecule has 15 heteroatoms. The van der Waals surface area contributed by atoms with Crippen molar-refractivity contribution in [3.8, 4) is 0 Å². The van der Waals surface area contributed by atoms with Crippen molar-refractivity contribution < 1.29 is 27.2 Å². The summed E-state index contributed by atoms with van der Waals surface area (Å²) in [6.45, 7) is 1.63. The number of rotatable bonds is 5. The number of alkyl halides is 3. The molecular weight excluding hydrogens is 480 g/mol. The molecular formula is C19H14F4N8O2S. The molecule has 0 saturated carbocycles. The van der Waals surface area contributed by atoms with Crippen LogP contribution in [0, 0.1) is 5.82 Å². The molecule has 0 radical (unpaired) electrons. The SMILES string of the molecule is CC(NC(=O)c1ncnc2c1nnn2C)c1ncc(C(=O)Nc2ccc(F)c(C(F)(F)F)c2)s1. The van der Waals surface area contributed by atoms with Gasteiger partial charge in [0, 0.05) is 12.7 Å². The summed E-state index contributed by atoms with van der Waals surface area (Å²) in [5.74, 6) is -2.75. The van der Waals surface area contributed by atoms with Crippen molar-refractivity contribution in [1.29, 1.82) is 0 Å². The number of fused-ring (bicyclic) bond motifs is 1. The largest absolute Gasteiger partial charge is 0.419 e. The number of thiazole rings is 1. The monoisotopic (exact) mass is 494 g/mol. The van der Waals surface area contributed by atoms with E-state index < -0.39 is 35.4 Å². The van der Waals surface area contributed by atoms with E-state index in [1.54, 1.807) is 14.0 Å². The van der Waals surface area contributed by atoms with Gasteiger partial charge in [0.05, 0.1) is 17.8 Å². The second kappa shape index (κ2) is 8.74. The number of aryl methyl sites for hydroxylation is 1. The van der Waals surface area contributed by atoms with E-state index in [0.717, 1.165) is 17.4 Å². The Morgan fingerprint density at radius 2 is 1.91 bits per heavy atom. The molecule has 4 rings (SSSR count). The van der Waals surface area contributed by atoms with Gasteiger partial charge >= 0.3 is 6.18 Å². The Hall–Kier alpha value is -4.01. The summed E-state index contributed by atoms with van der Waals surface area (Å²) in [4.78, 5) is 37.3. The first kappa shape index (κ1) is 23.2.